The smallest absolute Gasteiger partial charge is 0.0101 e. The van der Waals surface area contributed by atoms with E-state index >= 15 is 0 Å². The van der Waals surface area contributed by atoms with E-state index < -0.39 is 0 Å². The standard InChI is InChI=1S/C11H23N/c1-7(2)8(12)9-10(3,4)11(9,5)6/h7-9H,12H2,1-6H3. The van der Waals surface area contributed by atoms with Crippen molar-refractivity contribution in [2.24, 2.45) is 28.4 Å². The Balaban J connectivity index is 2.70. The van der Waals surface area contributed by atoms with Gasteiger partial charge in [0, 0.05) is 6.04 Å². The van der Waals surface area contributed by atoms with E-state index in [4.69, 9.17) is 5.73 Å². The molecule has 0 saturated heterocycles. The van der Waals surface area contributed by atoms with Gasteiger partial charge >= 0.3 is 0 Å². The largest absolute Gasteiger partial charge is 0.327 e. The van der Waals surface area contributed by atoms with Crippen LogP contribution in [0.5, 0.6) is 0 Å². The molecule has 0 bridgehead atoms. The Bertz CT molecular complexity index is 165. The molecule has 1 unspecified atom stereocenters. The molecule has 0 aromatic carbocycles. The van der Waals surface area contributed by atoms with Crippen LogP contribution in [0.25, 0.3) is 0 Å². The summed E-state index contributed by atoms with van der Waals surface area (Å²) in [6.07, 6.45) is 0. The maximum absolute atomic E-state index is 6.17. The van der Waals surface area contributed by atoms with Gasteiger partial charge in [0.25, 0.3) is 0 Å². The minimum atomic E-state index is 0.370. The van der Waals surface area contributed by atoms with Crippen molar-refractivity contribution >= 4 is 0 Å². The molecule has 1 aliphatic carbocycles. The minimum Gasteiger partial charge on any atom is -0.327 e. The number of rotatable bonds is 2. The Kier molecular flexibility index (Phi) is 2.07. The van der Waals surface area contributed by atoms with E-state index in [9.17, 15) is 0 Å². The molecule has 0 aromatic heterocycles. The molecular weight excluding hydrogens is 146 g/mol. The van der Waals surface area contributed by atoms with Crippen molar-refractivity contribution in [3.8, 4) is 0 Å². The predicted molar refractivity (Wildman–Crippen MR) is 53.9 cm³/mol. The van der Waals surface area contributed by atoms with E-state index in [1.807, 2.05) is 0 Å². The topological polar surface area (TPSA) is 26.0 Å². The lowest BCUT2D eigenvalue weighted by atomic mass is 9.95. The van der Waals surface area contributed by atoms with Crippen LogP contribution in [0.3, 0.4) is 0 Å². The van der Waals surface area contributed by atoms with E-state index in [1.165, 1.54) is 0 Å². The molecule has 12 heavy (non-hydrogen) atoms. The van der Waals surface area contributed by atoms with Gasteiger partial charge in [-0.1, -0.05) is 41.5 Å². The van der Waals surface area contributed by atoms with Crippen molar-refractivity contribution in [3.05, 3.63) is 0 Å². The molecule has 0 amide bonds. The molecule has 0 spiro atoms. The lowest BCUT2D eigenvalue weighted by molar-refractivity contribution is 0.385. The Hall–Kier alpha value is -0.0400. The molecule has 2 N–H and O–H groups in total. The Morgan fingerprint density at radius 1 is 1.00 bits per heavy atom. The van der Waals surface area contributed by atoms with Gasteiger partial charge in [-0.25, -0.2) is 0 Å². The van der Waals surface area contributed by atoms with Crippen LogP contribution in [0.15, 0.2) is 0 Å². The van der Waals surface area contributed by atoms with Crippen LogP contribution in [-0.2, 0) is 0 Å². The zero-order valence-corrected chi connectivity index (χ0v) is 9.31. The Labute approximate surface area is 76.7 Å². The van der Waals surface area contributed by atoms with E-state index in [1.54, 1.807) is 0 Å². The van der Waals surface area contributed by atoms with Crippen LogP contribution in [0.1, 0.15) is 41.5 Å². The second kappa shape index (κ2) is 2.47. The summed E-state index contributed by atoms with van der Waals surface area (Å²) in [7, 11) is 0. The van der Waals surface area contributed by atoms with Gasteiger partial charge in [-0.15, -0.1) is 0 Å². The molecular formula is C11H23N. The zero-order valence-electron chi connectivity index (χ0n) is 9.31. The van der Waals surface area contributed by atoms with Gasteiger partial charge < -0.3 is 5.73 Å². The highest BCUT2D eigenvalue weighted by Crippen LogP contribution is 2.69. The zero-order chi connectivity index (χ0) is 9.73. The summed E-state index contributed by atoms with van der Waals surface area (Å²) in [6.45, 7) is 13.8. The van der Waals surface area contributed by atoms with Gasteiger partial charge in [-0.2, -0.15) is 0 Å². The van der Waals surface area contributed by atoms with E-state index in [0.717, 1.165) is 0 Å². The number of nitrogens with two attached hydrogens (primary N) is 1. The summed E-state index contributed by atoms with van der Waals surface area (Å²) in [5.74, 6) is 1.31. The van der Waals surface area contributed by atoms with E-state index in [-0.39, 0.29) is 0 Å². The van der Waals surface area contributed by atoms with Gasteiger partial charge in [0.05, 0.1) is 0 Å². The van der Waals surface area contributed by atoms with Crippen LogP contribution >= 0.6 is 0 Å². The maximum Gasteiger partial charge on any atom is 0.0101 e. The highest BCUT2D eigenvalue weighted by Gasteiger charge is 2.66. The quantitative estimate of drug-likeness (QED) is 0.675. The van der Waals surface area contributed by atoms with E-state index in [2.05, 4.69) is 41.5 Å². The molecule has 1 fully saturated rings. The van der Waals surface area contributed by atoms with Gasteiger partial charge in [-0.3, -0.25) is 0 Å². The summed E-state index contributed by atoms with van der Waals surface area (Å²) in [5, 5.41) is 0. The van der Waals surface area contributed by atoms with Crippen LogP contribution < -0.4 is 5.73 Å². The van der Waals surface area contributed by atoms with Crippen molar-refractivity contribution in [3.63, 3.8) is 0 Å². The third-order valence-electron chi connectivity index (χ3n) is 4.29. The first kappa shape index (κ1) is 10.0. The van der Waals surface area contributed by atoms with Crippen LogP contribution in [0, 0.1) is 22.7 Å². The fourth-order valence-electron chi connectivity index (χ4n) is 2.59. The lowest BCUT2D eigenvalue weighted by Gasteiger charge is -2.17. The highest BCUT2D eigenvalue weighted by atomic mass is 14.8. The molecule has 1 atom stereocenters. The highest BCUT2D eigenvalue weighted by molar-refractivity contribution is 5.16. The van der Waals surface area contributed by atoms with Crippen LogP contribution in [0.4, 0.5) is 0 Å². The molecule has 0 aliphatic heterocycles. The number of hydrogen-bond acceptors (Lipinski definition) is 1. The van der Waals surface area contributed by atoms with Crippen molar-refractivity contribution in [1.82, 2.24) is 0 Å². The van der Waals surface area contributed by atoms with E-state index in [0.29, 0.717) is 28.7 Å². The van der Waals surface area contributed by atoms with Crippen molar-refractivity contribution < 1.29 is 0 Å². The summed E-state index contributed by atoms with van der Waals surface area (Å²) < 4.78 is 0. The molecule has 1 aliphatic rings. The molecule has 1 rings (SSSR count). The SMILES string of the molecule is CC(C)C(N)C1C(C)(C)C1(C)C. The first-order valence-electron chi connectivity index (χ1n) is 4.98. The Morgan fingerprint density at radius 3 is 1.42 bits per heavy atom. The average Bonchev–Trinajstić information content (AvgIpc) is 2.23. The molecule has 1 heteroatoms. The van der Waals surface area contributed by atoms with Crippen molar-refractivity contribution in [2.45, 2.75) is 47.6 Å². The normalized spacial score (nSPS) is 29.0. The fourth-order valence-corrected chi connectivity index (χ4v) is 2.59. The lowest BCUT2D eigenvalue weighted by Crippen LogP contribution is -2.31. The summed E-state index contributed by atoms with van der Waals surface area (Å²) in [5.41, 5.74) is 7.06. The first-order valence-corrected chi connectivity index (χ1v) is 4.98. The second-order valence-corrected chi connectivity index (χ2v) is 5.74. The second-order valence-electron chi connectivity index (χ2n) is 5.74. The first-order chi connectivity index (χ1) is 5.23. The Morgan fingerprint density at radius 2 is 1.33 bits per heavy atom. The molecule has 0 heterocycles. The molecule has 0 radical (unpaired) electrons. The maximum atomic E-state index is 6.17. The summed E-state index contributed by atoms with van der Waals surface area (Å²) in [4.78, 5) is 0. The summed E-state index contributed by atoms with van der Waals surface area (Å²) in [6, 6.07) is 0.370. The van der Waals surface area contributed by atoms with Gasteiger partial charge in [0.1, 0.15) is 0 Å². The van der Waals surface area contributed by atoms with Crippen molar-refractivity contribution in [2.75, 3.05) is 0 Å². The molecule has 1 saturated carbocycles. The van der Waals surface area contributed by atoms with Crippen LogP contribution in [-0.4, -0.2) is 6.04 Å². The number of hydrogen-bond donors (Lipinski definition) is 1. The van der Waals surface area contributed by atoms with Gasteiger partial charge in [-0.05, 0) is 22.7 Å². The predicted octanol–water partition coefficient (Wildman–Crippen LogP) is 2.65. The molecule has 72 valence electrons. The van der Waals surface area contributed by atoms with Gasteiger partial charge in [0.15, 0.2) is 0 Å². The minimum absolute atomic E-state index is 0.370. The van der Waals surface area contributed by atoms with Crippen molar-refractivity contribution in [1.29, 1.82) is 0 Å². The van der Waals surface area contributed by atoms with Crippen LogP contribution in [0.2, 0.25) is 0 Å². The third-order valence-corrected chi connectivity index (χ3v) is 4.29. The monoisotopic (exact) mass is 169 g/mol. The third kappa shape index (κ3) is 1.10. The molecule has 0 aromatic rings. The summed E-state index contributed by atoms with van der Waals surface area (Å²) >= 11 is 0. The van der Waals surface area contributed by atoms with Gasteiger partial charge in [0.2, 0.25) is 0 Å². The molecule has 1 nitrogen and oxygen atoms in total. The average molecular weight is 169 g/mol. The fraction of sp³-hybridized carbons (Fsp3) is 1.00.